The van der Waals surface area contributed by atoms with Crippen molar-refractivity contribution >= 4 is 17.5 Å². The van der Waals surface area contributed by atoms with Crippen molar-refractivity contribution in [2.24, 2.45) is 11.8 Å². The summed E-state index contributed by atoms with van der Waals surface area (Å²) in [4.78, 5) is 24.5. The summed E-state index contributed by atoms with van der Waals surface area (Å²) in [6, 6.07) is 5.46. The van der Waals surface area contributed by atoms with Crippen LogP contribution in [0, 0.1) is 18.8 Å². The molecule has 1 aromatic rings. The number of ether oxygens (including phenoxy) is 1. The molecule has 1 aliphatic heterocycles. The van der Waals surface area contributed by atoms with Gasteiger partial charge in [0.05, 0.1) is 0 Å². The first kappa shape index (κ1) is 16.0. The molecule has 1 heterocycles. The quantitative estimate of drug-likeness (QED) is 0.877. The molecule has 0 spiro atoms. The fourth-order valence-corrected chi connectivity index (χ4v) is 2.75. The predicted molar refractivity (Wildman–Crippen MR) is 88.4 cm³/mol. The fourth-order valence-electron chi connectivity index (χ4n) is 2.75. The van der Waals surface area contributed by atoms with E-state index < -0.39 is 0 Å². The number of anilines is 1. The Balaban J connectivity index is 1.64. The normalized spacial score (nSPS) is 18.5. The van der Waals surface area contributed by atoms with Crippen molar-refractivity contribution in [3.05, 3.63) is 29.3 Å². The Morgan fingerprint density at radius 1 is 1.17 bits per heavy atom. The molecule has 1 saturated carbocycles. The van der Waals surface area contributed by atoms with Gasteiger partial charge in [-0.05, 0) is 56.2 Å². The highest BCUT2D eigenvalue weighted by Crippen LogP contribution is 2.27. The van der Waals surface area contributed by atoms with Gasteiger partial charge in [0.2, 0.25) is 5.91 Å². The third-order valence-electron chi connectivity index (χ3n) is 4.60. The summed E-state index contributed by atoms with van der Waals surface area (Å²) in [7, 11) is 0. The van der Waals surface area contributed by atoms with E-state index in [4.69, 9.17) is 4.74 Å². The van der Waals surface area contributed by atoms with Crippen LogP contribution in [0.1, 0.15) is 41.6 Å². The van der Waals surface area contributed by atoms with Gasteiger partial charge in [-0.1, -0.05) is 6.07 Å². The molecule has 0 bridgehead atoms. The first-order valence-corrected chi connectivity index (χ1v) is 8.41. The van der Waals surface area contributed by atoms with Gasteiger partial charge in [0.25, 0.3) is 5.91 Å². The molecule has 0 aromatic heterocycles. The Morgan fingerprint density at radius 2 is 1.91 bits per heavy atom. The number of carbonyl (C=O) groups is 2. The Bertz CT molecular complexity index is 590. The zero-order chi connectivity index (χ0) is 16.2. The van der Waals surface area contributed by atoms with Crippen molar-refractivity contribution in [2.75, 3.05) is 25.1 Å². The standard InChI is InChI=1S/C18H24N2O3/c1-12-2-5-15(17(21)19-11-13-3-4-13)10-16(12)20-18(22)14-6-8-23-9-7-14/h2,5,10,13-14H,3-4,6-9,11H2,1H3,(H,19,21)(H,20,22). The molecule has 23 heavy (non-hydrogen) atoms. The molecule has 1 aromatic carbocycles. The number of aryl methyl sites for hydroxylation is 1. The minimum atomic E-state index is -0.0709. The van der Waals surface area contributed by atoms with E-state index in [9.17, 15) is 9.59 Å². The Morgan fingerprint density at radius 3 is 2.61 bits per heavy atom. The lowest BCUT2D eigenvalue weighted by Crippen LogP contribution is -2.29. The van der Waals surface area contributed by atoms with E-state index >= 15 is 0 Å². The topological polar surface area (TPSA) is 67.4 Å². The fraction of sp³-hybridized carbons (Fsp3) is 0.556. The van der Waals surface area contributed by atoms with E-state index in [0.717, 1.165) is 30.6 Å². The van der Waals surface area contributed by atoms with Crippen molar-refractivity contribution in [3.8, 4) is 0 Å². The van der Waals surface area contributed by atoms with Gasteiger partial charge in [0.15, 0.2) is 0 Å². The van der Waals surface area contributed by atoms with Gasteiger partial charge in [-0.25, -0.2) is 0 Å². The molecule has 3 rings (SSSR count). The van der Waals surface area contributed by atoms with Crippen LogP contribution in [0.3, 0.4) is 0 Å². The van der Waals surface area contributed by atoms with Gasteiger partial charge in [0, 0.05) is 36.9 Å². The zero-order valence-corrected chi connectivity index (χ0v) is 13.6. The summed E-state index contributed by atoms with van der Waals surface area (Å²) < 4.78 is 5.29. The molecule has 0 radical (unpaired) electrons. The van der Waals surface area contributed by atoms with Crippen LogP contribution in [0.4, 0.5) is 5.69 Å². The van der Waals surface area contributed by atoms with Crippen LogP contribution in [-0.4, -0.2) is 31.6 Å². The summed E-state index contributed by atoms with van der Waals surface area (Å²) in [5.41, 5.74) is 2.28. The number of carbonyl (C=O) groups excluding carboxylic acids is 2. The van der Waals surface area contributed by atoms with Gasteiger partial charge in [-0.2, -0.15) is 0 Å². The number of nitrogens with one attached hydrogen (secondary N) is 2. The average Bonchev–Trinajstić information content (AvgIpc) is 3.40. The van der Waals surface area contributed by atoms with Crippen molar-refractivity contribution in [2.45, 2.75) is 32.6 Å². The second-order valence-corrected chi connectivity index (χ2v) is 6.56. The maximum absolute atomic E-state index is 12.4. The molecule has 2 amide bonds. The van der Waals surface area contributed by atoms with Gasteiger partial charge >= 0.3 is 0 Å². The number of hydrogen-bond donors (Lipinski definition) is 2. The Labute approximate surface area is 136 Å². The molecular weight excluding hydrogens is 292 g/mol. The summed E-state index contributed by atoms with van der Waals surface area (Å²) >= 11 is 0. The van der Waals surface area contributed by atoms with Crippen LogP contribution in [0.2, 0.25) is 0 Å². The van der Waals surface area contributed by atoms with Crippen LogP contribution in [-0.2, 0) is 9.53 Å². The largest absolute Gasteiger partial charge is 0.381 e. The monoisotopic (exact) mass is 316 g/mol. The van der Waals surface area contributed by atoms with E-state index in [1.165, 1.54) is 12.8 Å². The average molecular weight is 316 g/mol. The second kappa shape index (κ2) is 7.13. The minimum Gasteiger partial charge on any atom is -0.381 e. The molecule has 1 aliphatic carbocycles. The lowest BCUT2D eigenvalue weighted by molar-refractivity contribution is -0.122. The zero-order valence-electron chi connectivity index (χ0n) is 13.6. The van der Waals surface area contributed by atoms with Crippen LogP contribution < -0.4 is 10.6 Å². The third-order valence-corrected chi connectivity index (χ3v) is 4.60. The Hall–Kier alpha value is -1.88. The minimum absolute atomic E-state index is 0.00417. The predicted octanol–water partition coefficient (Wildman–Crippen LogP) is 2.50. The van der Waals surface area contributed by atoms with Gasteiger partial charge in [-0.3, -0.25) is 9.59 Å². The first-order valence-electron chi connectivity index (χ1n) is 8.41. The van der Waals surface area contributed by atoms with Gasteiger partial charge in [0.1, 0.15) is 0 Å². The molecular formula is C18H24N2O3. The highest BCUT2D eigenvalue weighted by Gasteiger charge is 2.23. The smallest absolute Gasteiger partial charge is 0.251 e. The van der Waals surface area contributed by atoms with Crippen LogP contribution in [0.25, 0.3) is 0 Å². The van der Waals surface area contributed by atoms with E-state index in [-0.39, 0.29) is 17.7 Å². The second-order valence-electron chi connectivity index (χ2n) is 6.56. The van der Waals surface area contributed by atoms with Crippen molar-refractivity contribution < 1.29 is 14.3 Å². The highest BCUT2D eigenvalue weighted by atomic mass is 16.5. The lowest BCUT2D eigenvalue weighted by Gasteiger charge is -2.21. The van der Waals surface area contributed by atoms with Crippen LogP contribution in [0.15, 0.2) is 18.2 Å². The molecule has 124 valence electrons. The molecule has 0 atom stereocenters. The summed E-state index contributed by atoms with van der Waals surface area (Å²) in [5.74, 6) is 0.595. The first-order chi connectivity index (χ1) is 11.1. The van der Waals surface area contributed by atoms with Crippen molar-refractivity contribution in [3.63, 3.8) is 0 Å². The molecule has 2 fully saturated rings. The highest BCUT2D eigenvalue weighted by molar-refractivity contribution is 5.98. The molecule has 1 saturated heterocycles. The van der Waals surface area contributed by atoms with Gasteiger partial charge < -0.3 is 15.4 Å². The molecule has 0 unspecified atom stereocenters. The van der Waals surface area contributed by atoms with Crippen molar-refractivity contribution in [1.82, 2.24) is 5.32 Å². The van der Waals surface area contributed by atoms with E-state index in [1.807, 2.05) is 19.1 Å². The summed E-state index contributed by atoms with van der Waals surface area (Å²) in [5, 5.41) is 5.93. The number of amides is 2. The van der Waals surface area contributed by atoms with Gasteiger partial charge in [-0.15, -0.1) is 0 Å². The van der Waals surface area contributed by atoms with Crippen LogP contribution >= 0.6 is 0 Å². The molecule has 2 N–H and O–H groups in total. The molecule has 5 nitrogen and oxygen atoms in total. The Kier molecular flexibility index (Phi) is 4.96. The van der Waals surface area contributed by atoms with E-state index in [2.05, 4.69) is 10.6 Å². The number of hydrogen-bond acceptors (Lipinski definition) is 3. The lowest BCUT2D eigenvalue weighted by atomic mass is 9.99. The van der Waals surface area contributed by atoms with Crippen LogP contribution in [0.5, 0.6) is 0 Å². The van der Waals surface area contributed by atoms with E-state index in [1.54, 1.807) is 6.07 Å². The number of rotatable bonds is 5. The van der Waals surface area contributed by atoms with E-state index in [0.29, 0.717) is 24.7 Å². The maximum Gasteiger partial charge on any atom is 0.251 e. The molecule has 2 aliphatic rings. The summed E-state index contributed by atoms with van der Waals surface area (Å²) in [6.45, 7) is 3.96. The SMILES string of the molecule is Cc1ccc(C(=O)NCC2CC2)cc1NC(=O)C1CCOCC1. The maximum atomic E-state index is 12.4. The third kappa shape index (κ3) is 4.32. The molecule has 5 heteroatoms. The summed E-state index contributed by atoms with van der Waals surface area (Å²) in [6.07, 6.45) is 3.93. The van der Waals surface area contributed by atoms with Crippen molar-refractivity contribution in [1.29, 1.82) is 0 Å². The number of benzene rings is 1.